The number of nitrogens with one attached hydrogen (secondary N) is 1. The number of ether oxygens (including phenoxy) is 1. The van der Waals surface area contributed by atoms with Crippen LogP contribution in [0.1, 0.15) is 29.7 Å². The monoisotopic (exact) mass is 411 g/mol. The lowest BCUT2D eigenvalue weighted by Crippen LogP contribution is -2.24. The molecule has 150 valence electrons. The van der Waals surface area contributed by atoms with Gasteiger partial charge in [-0.1, -0.05) is 0 Å². The second-order valence-electron chi connectivity index (χ2n) is 7.00. The summed E-state index contributed by atoms with van der Waals surface area (Å²) in [7, 11) is 0. The number of aromatic nitrogens is 5. The third kappa shape index (κ3) is 3.92. The Kier molecular flexibility index (Phi) is 5.42. The van der Waals surface area contributed by atoms with E-state index in [2.05, 4.69) is 26.8 Å². The highest BCUT2D eigenvalue weighted by Crippen LogP contribution is 2.28. The molecule has 10 heteroatoms. The molecule has 1 amide bonds. The summed E-state index contributed by atoms with van der Waals surface area (Å²) in [5.41, 5.74) is 3.15. The zero-order chi connectivity index (χ0) is 20.4. The van der Waals surface area contributed by atoms with Gasteiger partial charge in [0.05, 0.1) is 18.2 Å². The summed E-state index contributed by atoms with van der Waals surface area (Å²) in [6, 6.07) is 4.11. The van der Waals surface area contributed by atoms with Crippen molar-refractivity contribution in [2.45, 2.75) is 45.9 Å². The van der Waals surface area contributed by atoms with Crippen molar-refractivity contribution in [3.05, 3.63) is 33.6 Å². The number of hydrogen-bond acceptors (Lipinski definition) is 7. The van der Waals surface area contributed by atoms with Crippen molar-refractivity contribution in [2.24, 2.45) is 0 Å². The number of hydrogen-bond donors (Lipinski definition) is 1. The quantitative estimate of drug-likeness (QED) is 0.667. The van der Waals surface area contributed by atoms with E-state index in [4.69, 9.17) is 4.74 Å². The van der Waals surface area contributed by atoms with Gasteiger partial charge in [-0.25, -0.2) is 0 Å². The van der Waals surface area contributed by atoms with E-state index >= 15 is 0 Å². The van der Waals surface area contributed by atoms with Gasteiger partial charge in [-0.05, 0) is 48.9 Å². The Morgan fingerprint density at radius 1 is 1.48 bits per heavy atom. The van der Waals surface area contributed by atoms with Gasteiger partial charge in [-0.15, -0.1) is 10.2 Å². The Morgan fingerprint density at radius 3 is 3.03 bits per heavy atom. The first-order chi connectivity index (χ1) is 14.1. The Labute approximate surface area is 171 Å². The van der Waals surface area contributed by atoms with Gasteiger partial charge in [0.15, 0.2) is 0 Å². The maximum Gasteiger partial charge on any atom is 0.249 e. The molecule has 1 atom stereocenters. The summed E-state index contributed by atoms with van der Waals surface area (Å²) in [6.45, 7) is 5.11. The standard InChI is InChI=1S/C19H21N7O2S/c1-12-13(2)25(9-15-4-3-6-28-15)19(16(12)8-20)21-17(27)10-26-23-18(22-24-26)14-5-7-29-11-14/h5,7,11,15H,3-4,6,9-10H2,1-2H3,(H,21,27). The molecule has 4 heterocycles. The van der Waals surface area contributed by atoms with Gasteiger partial charge in [0.25, 0.3) is 0 Å². The van der Waals surface area contributed by atoms with Crippen LogP contribution >= 0.6 is 11.3 Å². The number of nitrogens with zero attached hydrogens (tertiary/aromatic N) is 6. The Bertz CT molecular complexity index is 1060. The van der Waals surface area contributed by atoms with Gasteiger partial charge >= 0.3 is 0 Å². The first-order valence-electron chi connectivity index (χ1n) is 9.38. The lowest BCUT2D eigenvalue weighted by atomic mass is 10.2. The third-order valence-corrected chi connectivity index (χ3v) is 5.81. The topological polar surface area (TPSA) is 111 Å². The molecule has 0 spiro atoms. The largest absolute Gasteiger partial charge is 0.376 e. The van der Waals surface area contributed by atoms with Crippen LogP contribution in [0.25, 0.3) is 11.4 Å². The van der Waals surface area contributed by atoms with E-state index in [0.717, 1.165) is 36.3 Å². The molecule has 0 saturated carbocycles. The lowest BCUT2D eigenvalue weighted by molar-refractivity contribution is -0.117. The molecule has 3 aromatic rings. The fourth-order valence-electron chi connectivity index (χ4n) is 3.47. The molecule has 29 heavy (non-hydrogen) atoms. The van der Waals surface area contributed by atoms with Gasteiger partial charge < -0.3 is 14.6 Å². The number of thiophene rings is 1. The van der Waals surface area contributed by atoms with Crippen LogP contribution in [-0.4, -0.2) is 43.4 Å². The molecule has 1 saturated heterocycles. The first-order valence-corrected chi connectivity index (χ1v) is 10.3. The van der Waals surface area contributed by atoms with Gasteiger partial charge in [0, 0.05) is 23.2 Å². The Morgan fingerprint density at radius 2 is 2.34 bits per heavy atom. The minimum atomic E-state index is -0.318. The predicted molar refractivity (Wildman–Crippen MR) is 107 cm³/mol. The summed E-state index contributed by atoms with van der Waals surface area (Å²) in [5.74, 6) is 0.660. The van der Waals surface area contributed by atoms with Crippen molar-refractivity contribution in [3.63, 3.8) is 0 Å². The van der Waals surface area contributed by atoms with Crippen LogP contribution in [0.5, 0.6) is 0 Å². The third-order valence-electron chi connectivity index (χ3n) is 5.13. The second-order valence-corrected chi connectivity index (χ2v) is 7.78. The van der Waals surface area contributed by atoms with Gasteiger partial charge in [0.2, 0.25) is 11.7 Å². The maximum atomic E-state index is 12.7. The van der Waals surface area contributed by atoms with Crippen molar-refractivity contribution >= 4 is 23.1 Å². The van der Waals surface area contributed by atoms with E-state index in [9.17, 15) is 10.1 Å². The number of carbonyl (C=O) groups is 1. The van der Waals surface area contributed by atoms with Crippen molar-refractivity contribution in [1.29, 1.82) is 5.26 Å². The van der Waals surface area contributed by atoms with Crippen LogP contribution in [-0.2, 0) is 22.6 Å². The van der Waals surface area contributed by atoms with Crippen LogP contribution in [0.15, 0.2) is 16.8 Å². The predicted octanol–water partition coefficient (Wildman–Crippen LogP) is 2.51. The summed E-state index contributed by atoms with van der Waals surface area (Å²) in [5, 5.41) is 28.5. The molecule has 3 aromatic heterocycles. The summed E-state index contributed by atoms with van der Waals surface area (Å²) in [6.07, 6.45) is 2.09. The van der Waals surface area contributed by atoms with E-state index in [1.54, 1.807) is 11.3 Å². The van der Waals surface area contributed by atoms with Crippen molar-refractivity contribution in [1.82, 2.24) is 24.8 Å². The fourth-order valence-corrected chi connectivity index (χ4v) is 4.10. The van der Waals surface area contributed by atoms with E-state index in [0.29, 0.717) is 23.8 Å². The highest BCUT2D eigenvalue weighted by Gasteiger charge is 2.24. The van der Waals surface area contributed by atoms with Crippen molar-refractivity contribution in [2.75, 3.05) is 11.9 Å². The van der Waals surface area contributed by atoms with E-state index in [-0.39, 0.29) is 18.6 Å². The average Bonchev–Trinajstić information content (AvgIpc) is 3.48. The van der Waals surface area contributed by atoms with Crippen LogP contribution < -0.4 is 5.32 Å². The van der Waals surface area contributed by atoms with Gasteiger partial charge in [0.1, 0.15) is 18.4 Å². The maximum absolute atomic E-state index is 12.7. The summed E-state index contributed by atoms with van der Waals surface area (Å²) >= 11 is 1.54. The van der Waals surface area contributed by atoms with Crippen molar-refractivity contribution < 1.29 is 9.53 Å². The van der Waals surface area contributed by atoms with Crippen LogP contribution in [0.4, 0.5) is 5.82 Å². The molecule has 1 unspecified atom stereocenters. The number of nitriles is 1. The first kappa shape index (κ1) is 19.3. The minimum absolute atomic E-state index is 0.0906. The molecule has 0 aliphatic carbocycles. The van der Waals surface area contributed by atoms with E-state index in [1.165, 1.54) is 4.80 Å². The molecular weight excluding hydrogens is 390 g/mol. The highest BCUT2D eigenvalue weighted by molar-refractivity contribution is 7.08. The van der Waals surface area contributed by atoms with Crippen molar-refractivity contribution in [3.8, 4) is 17.5 Å². The fraction of sp³-hybridized carbons (Fsp3) is 0.421. The molecule has 0 bridgehead atoms. The number of tetrazole rings is 1. The number of carbonyl (C=O) groups excluding carboxylic acids is 1. The normalized spacial score (nSPS) is 16.1. The number of anilines is 1. The molecule has 4 rings (SSSR count). The number of amides is 1. The number of rotatable bonds is 6. The highest BCUT2D eigenvalue weighted by atomic mass is 32.1. The molecule has 0 radical (unpaired) electrons. The minimum Gasteiger partial charge on any atom is -0.376 e. The Balaban J connectivity index is 1.52. The molecule has 0 aromatic carbocycles. The second kappa shape index (κ2) is 8.14. The summed E-state index contributed by atoms with van der Waals surface area (Å²) < 4.78 is 7.71. The Hall–Kier alpha value is -3.03. The van der Waals surface area contributed by atoms with Gasteiger partial charge in [-0.3, -0.25) is 4.79 Å². The molecular formula is C19H21N7O2S. The smallest absolute Gasteiger partial charge is 0.249 e. The molecule has 1 aliphatic heterocycles. The van der Waals surface area contributed by atoms with Crippen LogP contribution in [0.2, 0.25) is 0 Å². The van der Waals surface area contributed by atoms with Gasteiger partial charge in [-0.2, -0.15) is 21.4 Å². The molecule has 1 fully saturated rings. The van der Waals surface area contributed by atoms with Crippen LogP contribution in [0, 0.1) is 25.2 Å². The molecule has 1 N–H and O–H groups in total. The lowest BCUT2D eigenvalue weighted by Gasteiger charge is -2.16. The zero-order valence-corrected chi connectivity index (χ0v) is 17.1. The SMILES string of the molecule is Cc1c(C#N)c(NC(=O)Cn2nnc(-c3ccsc3)n2)n(CC2CCCO2)c1C. The zero-order valence-electron chi connectivity index (χ0n) is 16.3. The summed E-state index contributed by atoms with van der Waals surface area (Å²) in [4.78, 5) is 13.9. The molecule has 9 nitrogen and oxygen atoms in total. The van der Waals surface area contributed by atoms with Crippen LogP contribution in [0.3, 0.4) is 0 Å². The molecule has 1 aliphatic rings. The van der Waals surface area contributed by atoms with E-state index in [1.807, 2.05) is 35.2 Å². The average molecular weight is 411 g/mol. The van der Waals surface area contributed by atoms with E-state index < -0.39 is 0 Å².